The minimum Gasteiger partial charge on any atom is -0.341 e. The second-order valence-corrected chi connectivity index (χ2v) is 5.14. The van der Waals surface area contributed by atoms with E-state index < -0.39 is 0 Å². The van der Waals surface area contributed by atoms with E-state index in [9.17, 15) is 4.79 Å². The first-order valence-corrected chi connectivity index (χ1v) is 7.03. The Hall–Kier alpha value is -2.87. The summed E-state index contributed by atoms with van der Waals surface area (Å²) in [7, 11) is 1.69. The van der Waals surface area contributed by atoms with Crippen molar-refractivity contribution >= 4 is 12.0 Å². The van der Waals surface area contributed by atoms with E-state index in [1.165, 1.54) is 11.0 Å². The Balaban J connectivity index is 2.01. The van der Waals surface area contributed by atoms with Gasteiger partial charge in [0.1, 0.15) is 0 Å². The molecule has 112 valence electrons. The van der Waals surface area contributed by atoms with Gasteiger partial charge in [-0.3, -0.25) is 4.79 Å². The minimum absolute atomic E-state index is 0.130. The first kappa shape index (κ1) is 15.5. The van der Waals surface area contributed by atoms with Gasteiger partial charge >= 0.3 is 0 Å². The Labute approximate surface area is 130 Å². The van der Waals surface area contributed by atoms with Gasteiger partial charge in [-0.15, -0.1) is 0 Å². The Kier molecular flexibility index (Phi) is 5.10. The van der Waals surface area contributed by atoms with Gasteiger partial charge in [0.25, 0.3) is 0 Å². The van der Waals surface area contributed by atoms with Crippen molar-refractivity contribution < 1.29 is 4.79 Å². The lowest BCUT2D eigenvalue weighted by Crippen LogP contribution is -2.29. The maximum atomic E-state index is 11.9. The second kappa shape index (κ2) is 7.23. The number of likely N-dealkylation sites (N-methyl/N-ethyl adjacent to an activating group) is 1. The maximum absolute atomic E-state index is 11.9. The van der Waals surface area contributed by atoms with E-state index in [0.29, 0.717) is 6.54 Å². The summed E-state index contributed by atoms with van der Waals surface area (Å²) in [4.78, 5) is 13.5. The van der Waals surface area contributed by atoms with Gasteiger partial charge in [0.2, 0.25) is 5.91 Å². The first-order chi connectivity index (χ1) is 10.6. The molecule has 1 aromatic carbocycles. The molecule has 1 heterocycles. The molecule has 1 amide bonds. The SMILES string of the molecule is C[C@H](C#N)CN(C)C(=O)/C=C\c1cnn(-c2ccccc2)c1. The van der Waals surface area contributed by atoms with Crippen molar-refractivity contribution in [2.24, 2.45) is 5.92 Å². The van der Waals surface area contributed by atoms with Crippen molar-refractivity contribution in [3.05, 3.63) is 54.4 Å². The van der Waals surface area contributed by atoms with Crippen LogP contribution in [0.3, 0.4) is 0 Å². The number of para-hydroxylation sites is 1. The van der Waals surface area contributed by atoms with Crippen LogP contribution >= 0.6 is 0 Å². The van der Waals surface area contributed by atoms with Gasteiger partial charge in [0.15, 0.2) is 0 Å². The normalized spacial score (nSPS) is 12.0. The molecule has 5 heteroatoms. The summed E-state index contributed by atoms with van der Waals surface area (Å²) < 4.78 is 1.76. The third-order valence-electron chi connectivity index (χ3n) is 3.19. The number of aromatic nitrogens is 2. The minimum atomic E-state index is -0.178. The van der Waals surface area contributed by atoms with Crippen molar-refractivity contribution in [2.45, 2.75) is 6.92 Å². The predicted molar refractivity (Wildman–Crippen MR) is 85.0 cm³/mol. The first-order valence-electron chi connectivity index (χ1n) is 7.03. The van der Waals surface area contributed by atoms with E-state index in [-0.39, 0.29) is 11.8 Å². The second-order valence-electron chi connectivity index (χ2n) is 5.14. The van der Waals surface area contributed by atoms with Crippen LogP contribution in [0.2, 0.25) is 0 Å². The van der Waals surface area contributed by atoms with Crippen LogP contribution < -0.4 is 0 Å². The zero-order chi connectivity index (χ0) is 15.9. The largest absolute Gasteiger partial charge is 0.341 e. The number of benzene rings is 1. The van der Waals surface area contributed by atoms with Gasteiger partial charge < -0.3 is 4.90 Å². The number of hydrogen-bond donors (Lipinski definition) is 0. The lowest BCUT2D eigenvalue weighted by Gasteiger charge is -2.15. The van der Waals surface area contributed by atoms with Crippen molar-refractivity contribution in [1.82, 2.24) is 14.7 Å². The van der Waals surface area contributed by atoms with Crippen LogP contribution in [0.1, 0.15) is 12.5 Å². The van der Waals surface area contributed by atoms with Gasteiger partial charge in [-0.1, -0.05) is 18.2 Å². The number of nitriles is 1. The summed E-state index contributed by atoms with van der Waals surface area (Å²) in [6.07, 6.45) is 6.78. The smallest absolute Gasteiger partial charge is 0.246 e. The van der Waals surface area contributed by atoms with Gasteiger partial charge in [-0.2, -0.15) is 10.4 Å². The molecule has 2 rings (SSSR count). The Morgan fingerprint density at radius 3 is 2.86 bits per heavy atom. The molecule has 0 aliphatic carbocycles. The Bertz CT molecular complexity index is 697. The molecule has 1 aromatic heterocycles. The number of amides is 1. The van der Waals surface area contributed by atoms with Crippen molar-refractivity contribution in [1.29, 1.82) is 5.26 Å². The highest BCUT2D eigenvalue weighted by molar-refractivity contribution is 5.91. The average Bonchev–Trinajstić information content (AvgIpc) is 3.02. The van der Waals surface area contributed by atoms with Crippen LogP contribution in [0.5, 0.6) is 0 Å². The summed E-state index contributed by atoms with van der Waals surface area (Å²) in [5.41, 5.74) is 1.81. The van der Waals surface area contributed by atoms with Crippen LogP contribution in [-0.2, 0) is 4.79 Å². The van der Waals surface area contributed by atoms with Crippen molar-refractivity contribution in [2.75, 3.05) is 13.6 Å². The Morgan fingerprint density at radius 1 is 1.45 bits per heavy atom. The zero-order valence-corrected chi connectivity index (χ0v) is 12.7. The number of rotatable bonds is 5. The molecule has 5 nitrogen and oxygen atoms in total. The fourth-order valence-electron chi connectivity index (χ4n) is 1.98. The van der Waals surface area contributed by atoms with Crippen molar-refractivity contribution in [3.8, 4) is 11.8 Å². The number of carbonyl (C=O) groups is 1. The standard InChI is InChI=1S/C17H18N4O/c1-14(10-18)12-20(2)17(22)9-8-15-11-19-21(13-15)16-6-4-3-5-7-16/h3-9,11,13-14H,12H2,1-2H3/b9-8-/t14-/m1/s1. The summed E-state index contributed by atoms with van der Waals surface area (Å²) in [6, 6.07) is 11.9. The highest BCUT2D eigenvalue weighted by Crippen LogP contribution is 2.09. The molecule has 0 N–H and O–H groups in total. The topological polar surface area (TPSA) is 61.9 Å². The number of carbonyl (C=O) groups excluding carboxylic acids is 1. The zero-order valence-electron chi connectivity index (χ0n) is 12.7. The van der Waals surface area contributed by atoms with E-state index in [1.807, 2.05) is 36.5 Å². The highest BCUT2D eigenvalue weighted by atomic mass is 16.2. The van der Waals surface area contributed by atoms with Gasteiger partial charge in [0, 0.05) is 31.4 Å². The molecule has 0 fully saturated rings. The van der Waals surface area contributed by atoms with E-state index in [2.05, 4.69) is 11.2 Å². The summed E-state index contributed by atoms with van der Waals surface area (Å²) in [6.45, 7) is 2.21. The molecule has 0 bridgehead atoms. The van der Waals surface area contributed by atoms with Crippen LogP contribution in [0.25, 0.3) is 11.8 Å². The molecule has 0 aliphatic heterocycles. The van der Waals surface area contributed by atoms with Crippen LogP contribution in [0, 0.1) is 17.2 Å². The third kappa shape index (κ3) is 4.06. The van der Waals surface area contributed by atoms with Crippen LogP contribution in [0.4, 0.5) is 0 Å². The molecule has 1 atom stereocenters. The van der Waals surface area contributed by atoms with E-state index in [4.69, 9.17) is 5.26 Å². The fourth-order valence-corrected chi connectivity index (χ4v) is 1.98. The molecule has 0 saturated carbocycles. The molecule has 0 radical (unpaired) electrons. The molecular formula is C17H18N4O. The van der Waals surface area contributed by atoms with Crippen LogP contribution in [-0.4, -0.2) is 34.2 Å². The molecule has 22 heavy (non-hydrogen) atoms. The number of hydrogen-bond acceptors (Lipinski definition) is 3. The lowest BCUT2D eigenvalue weighted by atomic mass is 10.2. The molecule has 0 spiro atoms. The molecular weight excluding hydrogens is 276 g/mol. The quantitative estimate of drug-likeness (QED) is 0.796. The van der Waals surface area contributed by atoms with E-state index in [1.54, 1.807) is 30.9 Å². The summed E-state index contributed by atoms with van der Waals surface area (Å²) in [5, 5.41) is 13.0. The van der Waals surface area contributed by atoms with Gasteiger partial charge in [-0.05, 0) is 25.1 Å². The van der Waals surface area contributed by atoms with E-state index in [0.717, 1.165) is 11.3 Å². The molecule has 0 aliphatic rings. The third-order valence-corrected chi connectivity index (χ3v) is 3.19. The Morgan fingerprint density at radius 2 is 2.18 bits per heavy atom. The van der Waals surface area contributed by atoms with E-state index >= 15 is 0 Å². The monoisotopic (exact) mass is 294 g/mol. The fraction of sp³-hybridized carbons (Fsp3) is 0.235. The average molecular weight is 294 g/mol. The molecule has 2 aromatic rings. The number of nitrogens with zero attached hydrogens (tertiary/aromatic N) is 4. The summed E-state index contributed by atoms with van der Waals surface area (Å²) in [5.74, 6) is -0.308. The molecule has 0 saturated heterocycles. The maximum Gasteiger partial charge on any atom is 0.246 e. The van der Waals surface area contributed by atoms with Crippen LogP contribution in [0.15, 0.2) is 48.8 Å². The predicted octanol–water partition coefficient (Wildman–Crippen LogP) is 2.50. The lowest BCUT2D eigenvalue weighted by molar-refractivity contribution is -0.125. The van der Waals surface area contributed by atoms with Gasteiger partial charge in [-0.25, -0.2) is 4.68 Å². The highest BCUT2D eigenvalue weighted by Gasteiger charge is 2.09. The van der Waals surface area contributed by atoms with Crippen molar-refractivity contribution in [3.63, 3.8) is 0 Å². The molecule has 0 unspecified atom stereocenters. The van der Waals surface area contributed by atoms with Gasteiger partial charge in [0.05, 0.1) is 23.9 Å². The summed E-state index contributed by atoms with van der Waals surface area (Å²) >= 11 is 0.